The van der Waals surface area contributed by atoms with Crippen molar-refractivity contribution >= 4 is 17.3 Å². The van der Waals surface area contributed by atoms with Gasteiger partial charge in [0.1, 0.15) is 0 Å². The Morgan fingerprint density at radius 1 is 1.36 bits per heavy atom. The Bertz CT molecular complexity index is 499. The summed E-state index contributed by atoms with van der Waals surface area (Å²) >= 11 is 0. The molecule has 22 heavy (non-hydrogen) atoms. The molecule has 1 aromatic rings. The van der Waals surface area contributed by atoms with Crippen molar-refractivity contribution in [3.63, 3.8) is 0 Å². The molecule has 1 fully saturated rings. The number of nitrogens with two attached hydrogens (primary N) is 1. The smallest absolute Gasteiger partial charge is 0.337 e. The zero-order chi connectivity index (χ0) is 15.9. The Morgan fingerprint density at radius 2 is 2.09 bits per heavy atom. The number of nitrogens with zero attached hydrogens (tertiary/aromatic N) is 1. The van der Waals surface area contributed by atoms with Crippen LogP contribution in [0.2, 0.25) is 0 Å². The molecule has 0 atom stereocenters. The minimum Gasteiger partial charge on any atom is -0.478 e. The maximum Gasteiger partial charge on any atom is 0.337 e. The maximum absolute atomic E-state index is 11.1. The number of rotatable bonds is 7. The van der Waals surface area contributed by atoms with E-state index in [2.05, 4.69) is 17.3 Å². The van der Waals surface area contributed by atoms with Gasteiger partial charge in [-0.05, 0) is 45.0 Å². The molecule has 0 amide bonds. The summed E-state index contributed by atoms with van der Waals surface area (Å²) in [5.41, 5.74) is 7.07. The first-order valence-corrected chi connectivity index (χ1v) is 8.15. The molecule has 0 aromatic heterocycles. The number of nitrogens with one attached hydrogen (secondary N) is 1. The molecule has 4 N–H and O–H groups in total. The molecular formula is C17H27N3O2. The lowest BCUT2D eigenvalue weighted by Crippen LogP contribution is -2.34. The second-order valence-corrected chi connectivity index (χ2v) is 6.12. The molecule has 1 saturated carbocycles. The van der Waals surface area contributed by atoms with Gasteiger partial charge in [-0.25, -0.2) is 4.79 Å². The zero-order valence-electron chi connectivity index (χ0n) is 13.3. The fourth-order valence-electron chi connectivity index (χ4n) is 3.16. The summed E-state index contributed by atoms with van der Waals surface area (Å²) in [6, 6.07) is 5.80. The monoisotopic (exact) mass is 305 g/mol. The second-order valence-electron chi connectivity index (χ2n) is 6.12. The second kappa shape index (κ2) is 8.03. The number of aromatic carboxylic acids is 1. The zero-order valence-corrected chi connectivity index (χ0v) is 13.3. The summed E-state index contributed by atoms with van der Waals surface area (Å²) in [6.45, 7) is 1.85. The molecule has 1 aliphatic carbocycles. The molecule has 2 rings (SSSR count). The normalized spacial score (nSPS) is 15.9. The van der Waals surface area contributed by atoms with Crippen LogP contribution in [0.1, 0.15) is 48.9 Å². The fraction of sp³-hybridized carbons (Fsp3) is 0.588. The molecule has 0 bridgehead atoms. The number of carbonyl (C=O) groups is 1. The molecule has 0 unspecified atom stereocenters. The van der Waals surface area contributed by atoms with Crippen molar-refractivity contribution in [2.75, 3.05) is 31.2 Å². The van der Waals surface area contributed by atoms with Crippen LogP contribution in [0.4, 0.5) is 11.4 Å². The molecule has 1 aliphatic rings. The third-order valence-corrected chi connectivity index (χ3v) is 4.54. The number of carboxylic acid groups (broad SMARTS) is 1. The Balaban J connectivity index is 1.77. The van der Waals surface area contributed by atoms with Crippen molar-refractivity contribution in [3.05, 3.63) is 23.8 Å². The van der Waals surface area contributed by atoms with Gasteiger partial charge in [-0.15, -0.1) is 0 Å². The average molecular weight is 305 g/mol. The van der Waals surface area contributed by atoms with E-state index in [1.165, 1.54) is 38.2 Å². The Morgan fingerprint density at radius 3 is 2.77 bits per heavy atom. The topological polar surface area (TPSA) is 78.6 Å². The van der Waals surface area contributed by atoms with Crippen LogP contribution in [-0.4, -0.2) is 42.2 Å². The minimum atomic E-state index is -0.988. The van der Waals surface area contributed by atoms with E-state index in [4.69, 9.17) is 10.8 Å². The van der Waals surface area contributed by atoms with Crippen molar-refractivity contribution in [1.29, 1.82) is 0 Å². The lowest BCUT2D eigenvalue weighted by molar-refractivity contribution is 0.0698. The van der Waals surface area contributed by atoms with Crippen molar-refractivity contribution in [1.82, 2.24) is 4.90 Å². The van der Waals surface area contributed by atoms with Crippen LogP contribution >= 0.6 is 0 Å². The van der Waals surface area contributed by atoms with Crippen LogP contribution < -0.4 is 11.1 Å². The van der Waals surface area contributed by atoms with E-state index >= 15 is 0 Å². The van der Waals surface area contributed by atoms with Crippen molar-refractivity contribution in [2.45, 2.75) is 44.6 Å². The van der Waals surface area contributed by atoms with E-state index in [0.717, 1.165) is 25.6 Å². The predicted molar refractivity (Wildman–Crippen MR) is 90.4 cm³/mol. The average Bonchev–Trinajstić information content (AvgIpc) is 2.53. The first kappa shape index (κ1) is 16.6. The molecule has 1 aromatic carbocycles. The summed E-state index contributed by atoms with van der Waals surface area (Å²) < 4.78 is 0. The SMILES string of the molecule is CN(CCCNc1cccc(C(=O)O)c1N)C1CCCCC1. The van der Waals surface area contributed by atoms with E-state index in [0.29, 0.717) is 11.4 Å². The largest absolute Gasteiger partial charge is 0.478 e. The summed E-state index contributed by atoms with van der Waals surface area (Å²) in [4.78, 5) is 13.5. The number of hydrogen-bond acceptors (Lipinski definition) is 4. The van der Waals surface area contributed by atoms with Crippen LogP contribution in [0, 0.1) is 0 Å². The number of benzene rings is 1. The molecule has 5 heteroatoms. The first-order chi connectivity index (χ1) is 10.6. The van der Waals surface area contributed by atoms with Gasteiger partial charge in [0, 0.05) is 12.6 Å². The van der Waals surface area contributed by atoms with Gasteiger partial charge in [-0.1, -0.05) is 25.3 Å². The molecule has 5 nitrogen and oxygen atoms in total. The van der Waals surface area contributed by atoms with Gasteiger partial charge in [0.25, 0.3) is 0 Å². The number of hydrogen-bond donors (Lipinski definition) is 3. The number of nitrogen functional groups attached to an aromatic ring is 1. The third-order valence-electron chi connectivity index (χ3n) is 4.54. The van der Waals surface area contributed by atoms with E-state index in [1.807, 2.05) is 6.07 Å². The van der Waals surface area contributed by atoms with Crippen LogP contribution in [0.5, 0.6) is 0 Å². The number of para-hydroxylation sites is 1. The molecule has 0 radical (unpaired) electrons. The van der Waals surface area contributed by atoms with Crippen molar-refractivity contribution < 1.29 is 9.90 Å². The Hall–Kier alpha value is -1.75. The predicted octanol–water partition coefficient (Wildman–Crippen LogP) is 3.03. The Labute approximate surface area is 132 Å². The van der Waals surface area contributed by atoms with Gasteiger partial charge in [-0.2, -0.15) is 0 Å². The molecule has 0 heterocycles. The lowest BCUT2D eigenvalue weighted by Gasteiger charge is -2.31. The van der Waals surface area contributed by atoms with Crippen molar-refractivity contribution in [2.24, 2.45) is 0 Å². The third kappa shape index (κ3) is 4.37. The van der Waals surface area contributed by atoms with Gasteiger partial charge in [-0.3, -0.25) is 0 Å². The molecule has 122 valence electrons. The number of anilines is 2. The lowest BCUT2D eigenvalue weighted by atomic mass is 9.94. The summed E-state index contributed by atoms with van der Waals surface area (Å²) in [7, 11) is 2.20. The van der Waals surface area contributed by atoms with Gasteiger partial charge < -0.3 is 21.1 Å². The highest BCUT2D eigenvalue weighted by Gasteiger charge is 2.17. The van der Waals surface area contributed by atoms with Crippen molar-refractivity contribution in [3.8, 4) is 0 Å². The Kier molecular flexibility index (Phi) is 6.07. The van der Waals surface area contributed by atoms with E-state index in [1.54, 1.807) is 6.07 Å². The van der Waals surface area contributed by atoms with Crippen LogP contribution in [-0.2, 0) is 0 Å². The molecule has 0 aliphatic heterocycles. The standard InChI is InChI=1S/C17H27N3O2/c1-20(13-7-3-2-4-8-13)12-6-11-19-15-10-5-9-14(16(15)18)17(21)22/h5,9-10,13,19H,2-4,6-8,11-12,18H2,1H3,(H,21,22). The van der Waals surface area contributed by atoms with Gasteiger partial charge >= 0.3 is 5.97 Å². The molecule has 0 spiro atoms. The van der Waals surface area contributed by atoms with E-state index in [-0.39, 0.29) is 5.56 Å². The fourth-order valence-corrected chi connectivity index (χ4v) is 3.16. The van der Waals surface area contributed by atoms with E-state index in [9.17, 15) is 4.79 Å². The van der Waals surface area contributed by atoms with Crippen LogP contribution in [0.3, 0.4) is 0 Å². The summed E-state index contributed by atoms with van der Waals surface area (Å²) in [6.07, 6.45) is 7.74. The summed E-state index contributed by atoms with van der Waals surface area (Å²) in [5, 5.41) is 12.3. The summed E-state index contributed by atoms with van der Waals surface area (Å²) in [5.74, 6) is -0.988. The minimum absolute atomic E-state index is 0.157. The van der Waals surface area contributed by atoms with Gasteiger partial charge in [0.15, 0.2) is 0 Å². The molecule has 0 saturated heterocycles. The van der Waals surface area contributed by atoms with E-state index < -0.39 is 5.97 Å². The highest BCUT2D eigenvalue weighted by Crippen LogP contribution is 2.23. The van der Waals surface area contributed by atoms with Gasteiger partial charge in [0.05, 0.1) is 16.9 Å². The highest BCUT2D eigenvalue weighted by molar-refractivity contribution is 5.97. The molecular weight excluding hydrogens is 278 g/mol. The highest BCUT2D eigenvalue weighted by atomic mass is 16.4. The van der Waals surface area contributed by atoms with Gasteiger partial charge in [0.2, 0.25) is 0 Å². The first-order valence-electron chi connectivity index (χ1n) is 8.15. The quantitative estimate of drug-likeness (QED) is 0.533. The maximum atomic E-state index is 11.1. The van der Waals surface area contributed by atoms with Crippen LogP contribution in [0.15, 0.2) is 18.2 Å². The van der Waals surface area contributed by atoms with Crippen LogP contribution in [0.25, 0.3) is 0 Å². The number of carboxylic acids is 1.